The van der Waals surface area contributed by atoms with E-state index in [1.165, 1.54) is 12.8 Å². The Morgan fingerprint density at radius 1 is 1.28 bits per heavy atom. The standard InChI is InChI=1S/C22H30N4O3/c1-2-3-13-28-19-10-8-18(9-11-19)23-22(27)26-12-4-5-16(15-26)14-20-24-21(25-29-20)17-6-7-17/h8-11,16-17H,2-7,12-15H2,1H3,(H,23,27)/t16-/m0/s1. The molecule has 0 unspecified atom stereocenters. The summed E-state index contributed by atoms with van der Waals surface area (Å²) in [6, 6.07) is 7.52. The number of urea groups is 1. The molecule has 1 aromatic carbocycles. The molecule has 2 amide bonds. The van der Waals surface area contributed by atoms with Crippen LogP contribution in [0.1, 0.15) is 63.1 Å². The van der Waals surface area contributed by atoms with E-state index >= 15 is 0 Å². The number of rotatable bonds is 8. The van der Waals surface area contributed by atoms with Crippen molar-refractivity contribution in [3.63, 3.8) is 0 Å². The number of anilines is 1. The number of ether oxygens (including phenoxy) is 1. The first kappa shape index (κ1) is 19.7. The highest BCUT2D eigenvalue weighted by atomic mass is 16.5. The molecule has 1 N–H and O–H groups in total. The molecule has 1 aliphatic heterocycles. The Hall–Kier alpha value is -2.57. The molecule has 0 bridgehead atoms. The largest absolute Gasteiger partial charge is 0.494 e. The number of carbonyl (C=O) groups is 1. The lowest BCUT2D eigenvalue weighted by Gasteiger charge is -2.32. The molecule has 0 radical (unpaired) electrons. The van der Waals surface area contributed by atoms with Crippen LogP contribution >= 0.6 is 0 Å². The Morgan fingerprint density at radius 2 is 2.10 bits per heavy atom. The first-order valence-electron chi connectivity index (χ1n) is 10.8. The number of amides is 2. The first-order valence-corrected chi connectivity index (χ1v) is 10.8. The van der Waals surface area contributed by atoms with Crippen LogP contribution in [-0.4, -0.2) is 40.8 Å². The minimum absolute atomic E-state index is 0.0569. The fourth-order valence-corrected chi connectivity index (χ4v) is 3.69. The van der Waals surface area contributed by atoms with Crippen molar-refractivity contribution in [2.45, 2.75) is 57.8 Å². The third kappa shape index (κ3) is 5.49. The van der Waals surface area contributed by atoms with E-state index in [1.54, 1.807) is 0 Å². The van der Waals surface area contributed by atoms with E-state index in [9.17, 15) is 4.79 Å². The van der Waals surface area contributed by atoms with Gasteiger partial charge in [0.25, 0.3) is 0 Å². The predicted molar refractivity (Wildman–Crippen MR) is 110 cm³/mol. The van der Waals surface area contributed by atoms with E-state index in [1.807, 2.05) is 29.2 Å². The van der Waals surface area contributed by atoms with E-state index in [-0.39, 0.29) is 6.03 Å². The number of benzene rings is 1. The van der Waals surface area contributed by atoms with Crippen molar-refractivity contribution in [1.82, 2.24) is 15.0 Å². The summed E-state index contributed by atoms with van der Waals surface area (Å²) in [6.07, 6.45) is 7.30. The second kappa shape index (κ2) is 9.29. The average molecular weight is 399 g/mol. The number of carbonyl (C=O) groups excluding carboxylic acids is 1. The van der Waals surface area contributed by atoms with Gasteiger partial charge in [0.1, 0.15) is 5.75 Å². The fourth-order valence-electron chi connectivity index (χ4n) is 3.69. The second-order valence-electron chi connectivity index (χ2n) is 8.14. The zero-order chi connectivity index (χ0) is 20.1. The van der Waals surface area contributed by atoms with Crippen LogP contribution in [0.2, 0.25) is 0 Å². The number of piperidine rings is 1. The summed E-state index contributed by atoms with van der Waals surface area (Å²) >= 11 is 0. The first-order chi connectivity index (χ1) is 14.2. The molecule has 2 heterocycles. The number of hydrogen-bond donors (Lipinski definition) is 1. The summed E-state index contributed by atoms with van der Waals surface area (Å²) in [5.74, 6) is 3.26. The predicted octanol–water partition coefficient (Wildman–Crippen LogP) is 4.61. The molecule has 2 fully saturated rings. The maximum Gasteiger partial charge on any atom is 0.321 e. The topological polar surface area (TPSA) is 80.5 Å². The Kier molecular flexibility index (Phi) is 6.32. The zero-order valence-corrected chi connectivity index (χ0v) is 17.1. The summed E-state index contributed by atoms with van der Waals surface area (Å²) in [6.45, 7) is 4.35. The molecular weight excluding hydrogens is 368 g/mol. The van der Waals surface area contributed by atoms with Crippen molar-refractivity contribution in [3.05, 3.63) is 36.0 Å². The van der Waals surface area contributed by atoms with Crippen LogP contribution < -0.4 is 10.1 Å². The minimum atomic E-state index is -0.0569. The molecule has 7 nitrogen and oxygen atoms in total. The van der Waals surface area contributed by atoms with Gasteiger partial charge in [0.2, 0.25) is 5.89 Å². The van der Waals surface area contributed by atoms with Crippen molar-refractivity contribution < 1.29 is 14.1 Å². The van der Waals surface area contributed by atoms with Crippen LogP contribution in [0, 0.1) is 5.92 Å². The van der Waals surface area contributed by atoms with E-state index in [0.717, 1.165) is 62.5 Å². The fraction of sp³-hybridized carbons (Fsp3) is 0.591. The van der Waals surface area contributed by atoms with Gasteiger partial charge in [0.05, 0.1) is 6.61 Å². The van der Waals surface area contributed by atoms with Crippen LogP contribution in [0.4, 0.5) is 10.5 Å². The molecule has 156 valence electrons. The van der Waals surface area contributed by atoms with Crippen LogP contribution in [0.15, 0.2) is 28.8 Å². The molecule has 0 spiro atoms. The van der Waals surface area contributed by atoms with E-state index in [2.05, 4.69) is 22.4 Å². The van der Waals surface area contributed by atoms with Gasteiger partial charge in [-0.2, -0.15) is 4.98 Å². The molecule has 2 aromatic rings. The number of aromatic nitrogens is 2. The SMILES string of the molecule is CCCCOc1ccc(NC(=O)N2CCC[C@@H](Cc3nc(C4CC4)no3)C2)cc1. The Morgan fingerprint density at radius 3 is 2.86 bits per heavy atom. The number of unbranched alkanes of at least 4 members (excludes halogenated alkanes) is 1. The van der Waals surface area contributed by atoms with Gasteiger partial charge in [0.15, 0.2) is 5.82 Å². The van der Waals surface area contributed by atoms with Gasteiger partial charge in [-0.25, -0.2) is 4.79 Å². The van der Waals surface area contributed by atoms with Gasteiger partial charge in [0, 0.05) is 31.1 Å². The Labute approximate surface area is 171 Å². The van der Waals surface area contributed by atoms with Crippen LogP contribution in [0.5, 0.6) is 5.75 Å². The van der Waals surface area contributed by atoms with Gasteiger partial charge in [-0.15, -0.1) is 0 Å². The normalized spacial score (nSPS) is 19.2. The van der Waals surface area contributed by atoms with Gasteiger partial charge >= 0.3 is 6.03 Å². The van der Waals surface area contributed by atoms with Crippen molar-refractivity contribution in [2.24, 2.45) is 5.92 Å². The van der Waals surface area contributed by atoms with Crippen molar-refractivity contribution in [1.29, 1.82) is 0 Å². The van der Waals surface area contributed by atoms with Crippen molar-refractivity contribution in [3.8, 4) is 5.75 Å². The Bertz CT molecular complexity index is 801. The summed E-state index contributed by atoms with van der Waals surface area (Å²) in [5, 5.41) is 7.09. The Balaban J connectivity index is 1.26. The van der Waals surface area contributed by atoms with E-state index in [4.69, 9.17) is 9.26 Å². The summed E-state index contributed by atoms with van der Waals surface area (Å²) < 4.78 is 11.1. The number of nitrogens with zero attached hydrogens (tertiary/aromatic N) is 3. The molecule has 2 aliphatic rings. The quantitative estimate of drug-likeness (QED) is 0.657. The molecule has 1 saturated carbocycles. The molecule has 1 aliphatic carbocycles. The van der Waals surface area contributed by atoms with Crippen LogP contribution in [-0.2, 0) is 6.42 Å². The molecule has 1 saturated heterocycles. The smallest absolute Gasteiger partial charge is 0.321 e. The molecule has 7 heteroatoms. The highest BCUT2D eigenvalue weighted by Crippen LogP contribution is 2.38. The van der Waals surface area contributed by atoms with E-state index in [0.29, 0.717) is 24.3 Å². The monoisotopic (exact) mass is 398 g/mol. The second-order valence-corrected chi connectivity index (χ2v) is 8.14. The minimum Gasteiger partial charge on any atom is -0.494 e. The number of nitrogens with one attached hydrogen (secondary N) is 1. The average Bonchev–Trinajstić information content (AvgIpc) is 3.49. The summed E-state index contributed by atoms with van der Waals surface area (Å²) in [4.78, 5) is 19.1. The third-order valence-corrected chi connectivity index (χ3v) is 5.57. The lowest BCUT2D eigenvalue weighted by Crippen LogP contribution is -2.42. The molecule has 1 atom stereocenters. The van der Waals surface area contributed by atoms with Gasteiger partial charge < -0.3 is 19.5 Å². The van der Waals surface area contributed by atoms with E-state index < -0.39 is 0 Å². The lowest BCUT2D eigenvalue weighted by molar-refractivity contribution is 0.173. The van der Waals surface area contributed by atoms with Crippen LogP contribution in [0.25, 0.3) is 0 Å². The number of likely N-dealkylation sites (tertiary alicyclic amines) is 1. The maximum atomic E-state index is 12.7. The summed E-state index contributed by atoms with van der Waals surface area (Å²) in [5.41, 5.74) is 0.783. The van der Waals surface area contributed by atoms with Crippen molar-refractivity contribution in [2.75, 3.05) is 25.0 Å². The molecule has 1 aromatic heterocycles. The highest BCUT2D eigenvalue weighted by molar-refractivity contribution is 5.89. The molecule has 4 rings (SSSR count). The van der Waals surface area contributed by atoms with Crippen molar-refractivity contribution >= 4 is 11.7 Å². The van der Waals surface area contributed by atoms with Gasteiger partial charge in [-0.1, -0.05) is 18.5 Å². The number of hydrogen-bond acceptors (Lipinski definition) is 5. The lowest BCUT2D eigenvalue weighted by atomic mass is 9.95. The summed E-state index contributed by atoms with van der Waals surface area (Å²) in [7, 11) is 0. The highest BCUT2D eigenvalue weighted by Gasteiger charge is 2.30. The zero-order valence-electron chi connectivity index (χ0n) is 17.1. The van der Waals surface area contributed by atoms with Gasteiger partial charge in [-0.05, 0) is 62.3 Å². The van der Waals surface area contributed by atoms with Gasteiger partial charge in [-0.3, -0.25) is 0 Å². The molecular formula is C22H30N4O3. The third-order valence-electron chi connectivity index (χ3n) is 5.57. The maximum absolute atomic E-state index is 12.7. The molecule has 29 heavy (non-hydrogen) atoms. The van der Waals surface area contributed by atoms with Crippen LogP contribution in [0.3, 0.4) is 0 Å².